The van der Waals surface area contributed by atoms with E-state index in [1.54, 1.807) is 0 Å². The molecule has 4 heteroatoms. The topological polar surface area (TPSA) is 25.2 Å². The van der Waals surface area contributed by atoms with Gasteiger partial charge in [-0.15, -0.1) is 0 Å². The van der Waals surface area contributed by atoms with Gasteiger partial charge in [-0.05, 0) is 66.0 Å². The lowest BCUT2D eigenvalue weighted by Crippen LogP contribution is -2.30. The Bertz CT molecular complexity index is 540. The van der Waals surface area contributed by atoms with Crippen molar-refractivity contribution in [1.29, 1.82) is 0 Å². The lowest BCUT2D eigenvalue weighted by Gasteiger charge is -2.18. The maximum Gasteiger partial charge on any atom is 0.169 e. The minimum Gasteiger partial charge on any atom is -0.453 e. The zero-order valence-corrected chi connectivity index (χ0v) is 13.3. The molecule has 0 aliphatic rings. The van der Waals surface area contributed by atoms with Crippen LogP contribution >= 0.6 is 27.5 Å². The first-order chi connectivity index (χ1) is 9.04. The summed E-state index contributed by atoms with van der Waals surface area (Å²) in [5.74, 6) is 0.935. The Morgan fingerprint density at radius 1 is 1.26 bits per heavy atom. The Balaban J connectivity index is 1.92. The van der Waals surface area contributed by atoms with Crippen LogP contribution in [0.5, 0.6) is 0 Å². The van der Waals surface area contributed by atoms with Crippen LogP contribution in [-0.4, -0.2) is 6.04 Å². The zero-order chi connectivity index (χ0) is 13.8. The Morgan fingerprint density at radius 3 is 2.68 bits per heavy atom. The molecule has 0 radical (unpaired) electrons. The van der Waals surface area contributed by atoms with Crippen LogP contribution in [0.2, 0.25) is 5.02 Å². The average Bonchev–Trinajstić information content (AvgIpc) is 2.75. The van der Waals surface area contributed by atoms with Crippen molar-refractivity contribution in [3.8, 4) is 0 Å². The van der Waals surface area contributed by atoms with Crippen molar-refractivity contribution >= 4 is 27.5 Å². The lowest BCUT2D eigenvalue weighted by molar-refractivity contribution is 0.389. The molecule has 2 nitrogen and oxygen atoms in total. The summed E-state index contributed by atoms with van der Waals surface area (Å²) in [6.45, 7) is 4.26. The summed E-state index contributed by atoms with van der Waals surface area (Å²) in [6, 6.07) is 12.4. The summed E-state index contributed by atoms with van der Waals surface area (Å²) in [4.78, 5) is 0. The highest BCUT2D eigenvalue weighted by Crippen LogP contribution is 2.21. The molecule has 0 aliphatic heterocycles. The molecule has 2 unspecified atom stereocenters. The smallest absolute Gasteiger partial charge is 0.169 e. The predicted molar refractivity (Wildman–Crippen MR) is 82.6 cm³/mol. The molecule has 2 aromatic rings. The maximum atomic E-state index is 5.99. The molecule has 0 amide bonds. The van der Waals surface area contributed by atoms with Gasteiger partial charge in [0, 0.05) is 11.1 Å². The van der Waals surface area contributed by atoms with Crippen LogP contribution in [0.3, 0.4) is 0 Å². The Morgan fingerprint density at radius 2 is 2.05 bits per heavy atom. The van der Waals surface area contributed by atoms with Crippen LogP contribution in [0, 0.1) is 0 Å². The van der Waals surface area contributed by atoms with Crippen molar-refractivity contribution in [2.24, 2.45) is 0 Å². The molecule has 102 valence electrons. The average molecular weight is 343 g/mol. The fourth-order valence-electron chi connectivity index (χ4n) is 2.15. The molecular weight excluding hydrogens is 326 g/mol. The molecule has 1 heterocycles. The third-order valence-electron chi connectivity index (χ3n) is 2.99. The summed E-state index contributed by atoms with van der Waals surface area (Å²) in [7, 11) is 0. The second kappa shape index (κ2) is 6.60. The fraction of sp³-hybridized carbons (Fsp3) is 0.333. The molecule has 0 aliphatic carbocycles. The second-order valence-corrected chi connectivity index (χ2v) is 5.98. The van der Waals surface area contributed by atoms with Gasteiger partial charge in [-0.1, -0.05) is 23.7 Å². The summed E-state index contributed by atoms with van der Waals surface area (Å²) in [5, 5.41) is 4.30. The van der Waals surface area contributed by atoms with Gasteiger partial charge in [-0.3, -0.25) is 0 Å². The van der Waals surface area contributed by atoms with Crippen LogP contribution in [0.25, 0.3) is 0 Å². The standard InChI is InChI=1S/C15H17BrClNO/c1-10(8-12-4-3-5-13(17)9-12)18-11(2)14-6-7-15(16)19-14/h3-7,9-11,18H,8H2,1-2H3. The Labute approximate surface area is 127 Å². The zero-order valence-electron chi connectivity index (χ0n) is 11.0. The highest BCUT2D eigenvalue weighted by Gasteiger charge is 2.13. The van der Waals surface area contributed by atoms with E-state index in [1.165, 1.54) is 5.56 Å². The Kier molecular flexibility index (Phi) is 5.08. The van der Waals surface area contributed by atoms with Gasteiger partial charge in [0.25, 0.3) is 0 Å². The van der Waals surface area contributed by atoms with Crippen LogP contribution in [0.4, 0.5) is 0 Å². The highest BCUT2D eigenvalue weighted by molar-refractivity contribution is 9.10. The first kappa shape index (κ1) is 14.6. The van der Waals surface area contributed by atoms with E-state index < -0.39 is 0 Å². The molecular formula is C15H17BrClNO. The summed E-state index contributed by atoms with van der Waals surface area (Å²) >= 11 is 9.31. The molecule has 1 aromatic carbocycles. The van der Waals surface area contributed by atoms with Gasteiger partial charge in [0.05, 0.1) is 6.04 Å². The fourth-order valence-corrected chi connectivity index (χ4v) is 2.68. The van der Waals surface area contributed by atoms with Crippen molar-refractivity contribution in [2.45, 2.75) is 32.4 Å². The molecule has 2 rings (SSSR count). The quantitative estimate of drug-likeness (QED) is 0.829. The van der Waals surface area contributed by atoms with Crippen LogP contribution in [0.15, 0.2) is 45.5 Å². The third kappa shape index (κ3) is 4.37. The highest BCUT2D eigenvalue weighted by atomic mass is 79.9. The van der Waals surface area contributed by atoms with E-state index in [9.17, 15) is 0 Å². The molecule has 1 aromatic heterocycles. The normalized spacial score (nSPS) is 14.3. The number of rotatable bonds is 5. The molecule has 0 saturated heterocycles. The largest absolute Gasteiger partial charge is 0.453 e. The van der Waals surface area contributed by atoms with Crippen molar-refractivity contribution in [3.63, 3.8) is 0 Å². The van der Waals surface area contributed by atoms with E-state index in [1.807, 2.05) is 30.3 Å². The van der Waals surface area contributed by atoms with Gasteiger partial charge in [-0.25, -0.2) is 0 Å². The SMILES string of the molecule is CC(Cc1cccc(Cl)c1)NC(C)c1ccc(Br)o1. The van der Waals surface area contributed by atoms with E-state index in [0.29, 0.717) is 6.04 Å². The number of nitrogens with one attached hydrogen (secondary N) is 1. The van der Waals surface area contributed by atoms with E-state index in [-0.39, 0.29) is 6.04 Å². The molecule has 1 N–H and O–H groups in total. The van der Waals surface area contributed by atoms with Crippen molar-refractivity contribution in [2.75, 3.05) is 0 Å². The van der Waals surface area contributed by atoms with Crippen molar-refractivity contribution in [3.05, 3.63) is 57.4 Å². The number of halogens is 2. The monoisotopic (exact) mass is 341 g/mol. The van der Waals surface area contributed by atoms with Crippen LogP contribution in [0.1, 0.15) is 31.2 Å². The van der Waals surface area contributed by atoms with E-state index in [0.717, 1.165) is 21.9 Å². The van der Waals surface area contributed by atoms with Crippen molar-refractivity contribution in [1.82, 2.24) is 5.32 Å². The molecule has 2 atom stereocenters. The molecule has 0 fully saturated rings. The van der Waals surface area contributed by atoms with E-state index in [4.69, 9.17) is 16.0 Å². The number of furan rings is 1. The first-order valence-electron chi connectivity index (χ1n) is 6.30. The minimum absolute atomic E-state index is 0.181. The molecule has 0 saturated carbocycles. The van der Waals surface area contributed by atoms with Crippen LogP contribution in [-0.2, 0) is 6.42 Å². The van der Waals surface area contributed by atoms with Gasteiger partial charge in [0.15, 0.2) is 4.67 Å². The van der Waals surface area contributed by atoms with Gasteiger partial charge >= 0.3 is 0 Å². The molecule has 0 spiro atoms. The predicted octanol–water partition coefficient (Wildman–Crippen LogP) is 4.98. The van der Waals surface area contributed by atoms with Gasteiger partial charge in [0.1, 0.15) is 5.76 Å². The summed E-state index contributed by atoms with van der Waals surface area (Å²) in [6.07, 6.45) is 0.937. The summed E-state index contributed by atoms with van der Waals surface area (Å²) in [5.41, 5.74) is 1.24. The molecule has 19 heavy (non-hydrogen) atoms. The second-order valence-electron chi connectivity index (χ2n) is 4.77. The summed E-state index contributed by atoms with van der Waals surface area (Å²) < 4.78 is 6.31. The van der Waals surface area contributed by atoms with Gasteiger partial charge in [0.2, 0.25) is 0 Å². The number of hydrogen-bond donors (Lipinski definition) is 1. The van der Waals surface area contributed by atoms with E-state index >= 15 is 0 Å². The van der Waals surface area contributed by atoms with Gasteiger partial charge < -0.3 is 9.73 Å². The van der Waals surface area contributed by atoms with Crippen molar-refractivity contribution < 1.29 is 4.42 Å². The maximum absolute atomic E-state index is 5.99. The lowest BCUT2D eigenvalue weighted by atomic mass is 10.1. The Hall–Kier alpha value is -0.770. The minimum atomic E-state index is 0.181. The first-order valence-corrected chi connectivity index (χ1v) is 7.47. The third-order valence-corrected chi connectivity index (χ3v) is 3.65. The van der Waals surface area contributed by atoms with Crippen LogP contribution < -0.4 is 5.32 Å². The number of hydrogen-bond acceptors (Lipinski definition) is 2. The number of benzene rings is 1. The van der Waals surface area contributed by atoms with Gasteiger partial charge in [-0.2, -0.15) is 0 Å². The van der Waals surface area contributed by atoms with E-state index in [2.05, 4.69) is 41.2 Å². The molecule has 0 bridgehead atoms.